The van der Waals surface area contributed by atoms with Gasteiger partial charge in [0.05, 0.1) is 0 Å². The predicted octanol–water partition coefficient (Wildman–Crippen LogP) is 4.14. The molecule has 1 N–H and O–H groups in total. The van der Waals surface area contributed by atoms with Gasteiger partial charge in [0, 0.05) is 6.04 Å². The van der Waals surface area contributed by atoms with Crippen molar-refractivity contribution in [2.24, 2.45) is 5.92 Å². The number of hydrogen-bond acceptors (Lipinski definition) is 1. The molecule has 20 heavy (non-hydrogen) atoms. The summed E-state index contributed by atoms with van der Waals surface area (Å²) in [6, 6.07) is 20.3. The van der Waals surface area contributed by atoms with Gasteiger partial charge in [0.25, 0.3) is 0 Å². The van der Waals surface area contributed by atoms with Crippen molar-refractivity contribution in [3.8, 4) is 0 Å². The van der Waals surface area contributed by atoms with E-state index in [0.717, 1.165) is 6.54 Å². The van der Waals surface area contributed by atoms with Crippen molar-refractivity contribution in [3.63, 3.8) is 0 Å². The standard InChI is InChI=1S/C19H23N/c1-2-20-19-17(14-15-8-4-3-5-9-15)13-12-16-10-6-7-11-18(16)19/h3-11,17,19-20H,2,12-14H2,1H3/t17-,19-/m0/s1. The number of hydrogen-bond donors (Lipinski definition) is 1. The molecule has 0 radical (unpaired) electrons. The lowest BCUT2D eigenvalue weighted by Crippen LogP contribution is -2.33. The van der Waals surface area contributed by atoms with Crippen LogP contribution in [0.2, 0.25) is 0 Å². The van der Waals surface area contributed by atoms with Gasteiger partial charge in [-0.3, -0.25) is 0 Å². The molecule has 0 amide bonds. The van der Waals surface area contributed by atoms with Crippen molar-refractivity contribution in [2.75, 3.05) is 6.54 Å². The van der Waals surface area contributed by atoms with E-state index in [4.69, 9.17) is 0 Å². The van der Waals surface area contributed by atoms with E-state index in [-0.39, 0.29) is 0 Å². The zero-order valence-electron chi connectivity index (χ0n) is 12.2. The summed E-state index contributed by atoms with van der Waals surface area (Å²) in [7, 11) is 0. The first kappa shape index (κ1) is 13.4. The van der Waals surface area contributed by atoms with Gasteiger partial charge in [0.15, 0.2) is 0 Å². The summed E-state index contributed by atoms with van der Waals surface area (Å²) < 4.78 is 0. The zero-order chi connectivity index (χ0) is 13.8. The number of fused-ring (bicyclic) bond motifs is 1. The third-order valence-corrected chi connectivity index (χ3v) is 4.41. The molecule has 0 aromatic heterocycles. The van der Waals surface area contributed by atoms with Crippen LogP contribution in [0, 0.1) is 5.92 Å². The molecular weight excluding hydrogens is 242 g/mol. The molecule has 1 aliphatic carbocycles. The molecule has 2 aromatic carbocycles. The highest BCUT2D eigenvalue weighted by Crippen LogP contribution is 2.36. The monoisotopic (exact) mass is 265 g/mol. The molecule has 104 valence electrons. The van der Waals surface area contributed by atoms with Crippen molar-refractivity contribution in [1.29, 1.82) is 0 Å². The van der Waals surface area contributed by atoms with Crippen LogP contribution in [0.5, 0.6) is 0 Å². The summed E-state index contributed by atoms with van der Waals surface area (Å²) in [5.41, 5.74) is 4.50. The first-order valence-electron chi connectivity index (χ1n) is 7.73. The Hall–Kier alpha value is -1.60. The van der Waals surface area contributed by atoms with E-state index in [1.807, 2.05) is 0 Å². The lowest BCUT2D eigenvalue weighted by molar-refractivity contribution is 0.323. The predicted molar refractivity (Wildman–Crippen MR) is 84.8 cm³/mol. The minimum absolute atomic E-state index is 0.505. The average Bonchev–Trinajstić information content (AvgIpc) is 2.51. The molecule has 0 unspecified atom stereocenters. The average molecular weight is 265 g/mol. The quantitative estimate of drug-likeness (QED) is 0.876. The van der Waals surface area contributed by atoms with Gasteiger partial charge in [-0.15, -0.1) is 0 Å². The molecule has 2 aromatic rings. The maximum atomic E-state index is 3.71. The second-order valence-corrected chi connectivity index (χ2v) is 5.72. The van der Waals surface area contributed by atoms with Crippen LogP contribution in [-0.2, 0) is 12.8 Å². The topological polar surface area (TPSA) is 12.0 Å². The minimum Gasteiger partial charge on any atom is -0.310 e. The van der Waals surface area contributed by atoms with E-state index in [1.165, 1.54) is 36.0 Å². The molecular formula is C19H23N. The number of rotatable bonds is 4. The van der Waals surface area contributed by atoms with Gasteiger partial charge in [-0.25, -0.2) is 0 Å². The first-order chi connectivity index (χ1) is 9.88. The molecule has 3 rings (SSSR count). The smallest absolute Gasteiger partial charge is 0.0354 e. The molecule has 1 nitrogen and oxygen atoms in total. The number of benzene rings is 2. The Morgan fingerprint density at radius 1 is 1.00 bits per heavy atom. The Labute approximate surface area is 122 Å². The third-order valence-electron chi connectivity index (χ3n) is 4.41. The third kappa shape index (κ3) is 2.78. The lowest BCUT2D eigenvalue weighted by Gasteiger charge is -2.34. The van der Waals surface area contributed by atoms with Crippen molar-refractivity contribution in [3.05, 3.63) is 71.3 Å². The molecule has 0 saturated heterocycles. The first-order valence-corrected chi connectivity index (χ1v) is 7.73. The Morgan fingerprint density at radius 2 is 1.75 bits per heavy atom. The van der Waals surface area contributed by atoms with Gasteiger partial charge in [-0.2, -0.15) is 0 Å². The van der Waals surface area contributed by atoms with Crippen molar-refractivity contribution in [2.45, 2.75) is 32.2 Å². The second kappa shape index (κ2) is 6.23. The SMILES string of the molecule is CCN[C@@H]1c2ccccc2CC[C@H]1Cc1ccccc1. The summed E-state index contributed by atoms with van der Waals surface area (Å²) in [5.74, 6) is 0.701. The van der Waals surface area contributed by atoms with Crippen LogP contribution in [-0.4, -0.2) is 6.54 Å². The molecule has 1 heteroatoms. The van der Waals surface area contributed by atoms with Crippen LogP contribution >= 0.6 is 0 Å². The van der Waals surface area contributed by atoms with Crippen LogP contribution in [0.4, 0.5) is 0 Å². The molecule has 1 aliphatic rings. The van der Waals surface area contributed by atoms with Gasteiger partial charge in [-0.1, -0.05) is 61.5 Å². The number of nitrogens with one attached hydrogen (secondary N) is 1. The van der Waals surface area contributed by atoms with E-state index in [2.05, 4.69) is 66.8 Å². The molecule has 2 atom stereocenters. The van der Waals surface area contributed by atoms with E-state index < -0.39 is 0 Å². The van der Waals surface area contributed by atoms with Crippen LogP contribution in [0.1, 0.15) is 36.1 Å². The maximum Gasteiger partial charge on any atom is 0.0354 e. The van der Waals surface area contributed by atoms with E-state index in [0.29, 0.717) is 12.0 Å². The van der Waals surface area contributed by atoms with Gasteiger partial charge in [0.1, 0.15) is 0 Å². The van der Waals surface area contributed by atoms with Gasteiger partial charge < -0.3 is 5.32 Å². The van der Waals surface area contributed by atoms with Crippen molar-refractivity contribution in [1.82, 2.24) is 5.32 Å². The summed E-state index contributed by atoms with van der Waals surface area (Å²) >= 11 is 0. The van der Waals surface area contributed by atoms with Gasteiger partial charge in [0.2, 0.25) is 0 Å². The summed E-state index contributed by atoms with van der Waals surface area (Å²) in [4.78, 5) is 0. The van der Waals surface area contributed by atoms with Crippen LogP contribution < -0.4 is 5.32 Å². The van der Waals surface area contributed by atoms with Crippen LogP contribution in [0.15, 0.2) is 54.6 Å². The molecule has 0 fully saturated rings. The van der Waals surface area contributed by atoms with Crippen LogP contribution in [0.25, 0.3) is 0 Å². The van der Waals surface area contributed by atoms with Crippen LogP contribution in [0.3, 0.4) is 0 Å². The lowest BCUT2D eigenvalue weighted by atomic mass is 9.77. The molecule has 0 heterocycles. The number of aryl methyl sites for hydroxylation is 1. The Balaban J connectivity index is 1.84. The second-order valence-electron chi connectivity index (χ2n) is 5.72. The fourth-order valence-electron chi connectivity index (χ4n) is 3.46. The highest BCUT2D eigenvalue weighted by Gasteiger charge is 2.28. The Morgan fingerprint density at radius 3 is 2.55 bits per heavy atom. The van der Waals surface area contributed by atoms with E-state index in [1.54, 1.807) is 0 Å². The van der Waals surface area contributed by atoms with Gasteiger partial charge >= 0.3 is 0 Å². The van der Waals surface area contributed by atoms with E-state index >= 15 is 0 Å². The Bertz CT molecular complexity index is 547. The van der Waals surface area contributed by atoms with Gasteiger partial charge in [-0.05, 0) is 48.4 Å². The highest BCUT2D eigenvalue weighted by molar-refractivity contribution is 5.33. The summed E-state index contributed by atoms with van der Waals surface area (Å²) in [5, 5.41) is 3.71. The molecule has 0 saturated carbocycles. The van der Waals surface area contributed by atoms with Crippen molar-refractivity contribution >= 4 is 0 Å². The summed E-state index contributed by atoms with van der Waals surface area (Å²) in [6.45, 7) is 3.24. The van der Waals surface area contributed by atoms with Crippen molar-refractivity contribution < 1.29 is 0 Å². The fraction of sp³-hybridized carbons (Fsp3) is 0.368. The maximum absolute atomic E-state index is 3.71. The summed E-state index contributed by atoms with van der Waals surface area (Å²) in [6.07, 6.45) is 3.67. The fourth-order valence-corrected chi connectivity index (χ4v) is 3.46. The zero-order valence-corrected chi connectivity index (χ0v) is 12.2. The minimum atomic E-state index is 0.505. The largest absolute Gasteiger partial charge is 0.310 e. The normalized spacial score (nSPS) is 21.4. The Kier molecular flexibility index (Phi) is 4.17. The highest BCUT2D eigenvalue weighted by atomic mass is 14.9. The molecule has 0 aliphatic heterocycles. The van der Waals surface area contributed by atoms with E-state index in [9.17, 15) is 0 Å². The molecule has 0 spiro atoms. The molecule has 0 bridgehead atoms.